The summed E-state index contributed by atoms with van der Waals surface area (Å²) in [5.41, 5.74) is 3.44. The van der Waals surface area contributed by atoms with Crippen molar-refractivity contribution in [1.29, 1.82) is 0 Å². The van der Waals surface area contributed by atoms with Crippen LogP contribution in [0, 0.1) is 0 Å². The van der Waals surface area contributed by atoms with Crippen molar-refractivity contribution in [3.8, 4) is 0 Å². The number of hydrogen-bond acceptors (Lipinski definition) is 6. The molecule has 2 N–H and O–H groups in total. The highest BCUT2D eigenvalue weighted by molar-refractivity contribution is 5.89. The fourth-order valence-electron chi connectivity index (χ4n) is 2.79. The summed E-state index contributed by atoms with van der Waals surface area (Å²) in [6, 6.07) is 14.8. The van der Waals surface area contributed by atoms with Crippen LogP contribution in [0.3, 0.4) is 0 Å². The van der Waals surface area contributed by atoms with Gasteiger partial charge in [-0.2, -0.15) is 0 Å². The van der Waals surface area contributed by atoms with Gasteiger partial charge in [-0.3, -0.25) is 9.78 Å². The van der Waals surface area contributed by atoms with Crippen LogP contribution in [-0.4, -0.2) is 27.8 Å². The second kappa shape index (κ2) is 9.14. The van der Waals surface area contributed by atoms with Gasteiger partial charge in [-0.05, 0) is 48.2 Å². The van der Waals surface area contributed by atoms with Crippen molar-refractivity contribution in [3.63, 3.8) is 0 Å². The van der Waals surface area contributed by atoms with Gasteiger partial charge in [0.15, 0.2) is 0 Å². The number of benzene rings is 2. The van der Waals surface area contributed by atoms with Gasteiger partial charge >= 0.3 is 5.97 Å². The molecule has 29 heavy (non-hydrogen) atoms. The third-order valence-corrected chi connectivity index (χ3v) is 4.44. The molecule has 150 valence electrons. The van der Waals surface area contributed by atoms with Crippen LogP contribution in [0.4, 0.5) is 11.6 Å². The van der Waals surface area contributed by atoms with E-state index in [0.717, 1.165) is 5.56 Å². The molecule has 1 aromatic heterocycles. The van der Waals surface area contributed by atoms with Crippen LogP contribution in [0.1, 0.15) is 53.9 Å². The average Bonchev–Trinajstić information content (AvgIpc) is 2.71. The lowest BCUT2D eigenvalue weighted by Crippen LogP contribution is -2.18. The van der Waals surface area contributed by atoms with Crippen LogP contribution in [0.15, 0.2) is 53.3 Å². The normalized spacial score (nSPS) is 10.8. The Kier molecular flexibility index (Phi) is 6.39. The van der Waals surface area contributed by atoms with Gasteiger partial charge in [0.1, 0.15) is 5.69 Å². The maximum atomic E-state index is 12.4. The van der Waals surface area contributed by atoms with Gasteiger partial charge in [-0.1, -0.05) is 38.1 Å². The van der Waals surface area contributed by atoms with E-state index in [1.54, 1.807) is 31.2 Å². The Morgan fingerprint density at radius 1 is 1.07 bits per heavy atom. The van der Waals surface area contributed by atoms with Crippen molar-refractivity contribution >= 4 is 17.6 Å². The highest BCUT2D eigenvalue weighted by Crippen LogP contribution is 2.16. The molecule has 3 rings (SSSR count). The number of nitrogens with one attached hydrogen (secondary N) is 2. The van der Waals surface area contributed by atoms with Crippen LogP contribution in [0.25, 0.3) is 0 Å². The zero-order valence-corrected chi connectivity index (χ0v) is 16.7. The number of esters is 1. The van der Waals surface area contributed by atoms with Crippen LogP contribution >= 0.6 is 0 Å². The molecule has 2 aromatic carbocycles. The molecule has 0 radical (unpaired) electrons. The second-order valence-electron chi connectivity index (χ2n) is 6.95. The van der Waals surface area contributed by atoms with E-state index in [1.807, 2.05) is 12.1 Å². The predicted octanol–water partition coefficient (Wildman–Crippen LogP) is 3.80. The van der Waals surface area contributed by atoms with Crippen molar-refractivity contribution in [2.24, 2.45) is 0 Å². The van der Waals surface area contributed by atoms with E-state index in [0.29, 0.717) is 35.9 Å². The molecule has 0 saturated carbocycles. The summed E-state index contributed by atoms with van der Waals surface area (Å²) in [5, 5.41) is 11.1. The fourth-order valence-corrected chi connectivity index (χ4v) is 2.79. The molecule has 3 aromatic rings. The standard InChI is InChI=1S/C22H24N4O3/c1-4-29-21(28)17-9-11-18(12-10-17)23-22-24-20(27)19(25-26-22)13-15-5-7-16(8-6-15)14(2)3/h5-12,14H,4,13H2,1-3H3,(H2,23,24,26,27). The molecule has 0 aliphatic heterocycles. The summed E-state index contributed by atoms with van der Waals surface area (Å²) >= 11 is 0. The van der Waals surface area contributed by atoms with Crippen LogP contribution in [-0.2, 0) is 11.2 Å². The third kappa shape index (κ3) is 5.28. The van der Waals surface area contributed by atoms with Gasteiger partial charge in [0, 0.05) is 12.1 Å². The Morgan fingerprint density at radius 2 is 1.76 bits per heavy atom. The summed E-state index contributed by atoms with van der Waals surface area (Å²) in [6.07, 6.45) is 0.412. The first-order chi connectivity index (χ1) is 14.0. The SMILES string of the molecule is CCOC(=O)c1ccc(Nc2nnc(Cc3ccc(C(C)C)cc3)c(=O)[nH]2)cc1. The molecule has 0 fully saturated rings. The minimum absolute atomic E-state index is 0.234. The number of carbonyl (C=O) groups excluding carboxylic acids is 1. The minimum atomic E-state index is -0.377. The largest absolute Gasteiger partial charge is 0.462 e. The van der Waals surface area contributed by atoms with Crippen LogP contribution in [0.5, 0.6) is 0 Å². The predicted molar refractivity (Wildman–Crippen MR) is 112 cm³/mol. The van der Waals surface area contributed by atoms with Crippen LogP contribution < -0.4 is 10.9 Å². The molecule has 0 unspecified atom stereocenters. The number of rotatable bonds is 7. The Balaban J connectivity index is 1.67. The second-order valence-corrected chi connectivity index (χ2v) is 6.95. The summed E-state index contributed by atoms with van der Waals surface area (Å²) in [5.74, 6) is 0.319. The van der Waals surface area contributed by atoms with E-state index in [9.17, 15) is 9.59 Å². The lowest BCUT2D eigenvalue weighted by molar-refractivity contribution is 0.0526. The van der Waals surface area contributed by atoms with E-state index >= 15 is 0 Å². The summed E-state index contributed by atoms with van der Waals surface area (Å²) in [7, 11) is 0. The molecule has 7 nitrogen and oxygen atoms in total. The number of anilines is 2. The average molecular weight is 392 g/mol. The molecule has 0 amide bonds. The maximum absolute atomic E-state index is 12.4. The van der Waals surface area contributed by atoms with Gasteiger partial charge in [0.05, 0.1) is 12.2 Å². The molecule has 0 spiro atoms. The quantitative estimate of drug-likeness (QED) is 0.594. The van der Waals surface area contributed by atoms with E-state index in [-0.39, 0.29) is 17.5 Å². The van der Waals surface area contributed by atoms with Crippen molar-refractivity contribution in [3.05, 3.63) is 81.3 Å². The number of hydrogen-bond donors (Lipinski definition) is 2. The number of H-pyrrole nitrogens is 1. The first-order valence-corrected chi connectivity index (χ1v) is 9.55. The molecule has 1 heterocycles. The molecule has 0 bridgehead atoms. The Bertz CT molecular complexity index is 1030. The molecule has 0 aliphatic rings. The lowest BCUT2D eigenvalue weighted by Gasteiger charge is -2.08. The van der Waals surface area contributed by atoms with E-state index in [4.69, 9.17) is 4.74 Å². The van der Waals surface area contributed by atoms with Crippen LogP contribution in [0.2, 0.25) is 0 Å². The summed E-state index contributed by atoms with van der Waals surface area (Å²) in [6.45, 7) is 6.36. The Labute approximate surface area is 169 Å². The molecular formula is C22H24N4O3. The minimum Gasteiger partial charge on any atom is -0.462 e. The monoisotopic (exact) mass is 392 g/mol. The molecule has 0 saturated heterocycles. The zero-order chi connectivity index (χ0) is 20.8. The highest BCUT2D eigenvalue weighted by Gasteiger charge is 2.09. The number of aromatic nitrogens is 3. The summed E-state index contributed by atoms with van der Waals surface area (Å²) in [4.78, 5) is 26.8. The first-order valence-electron chi connectivity index (χ1n) is 9.55. The van der Waals surface area contributed by atoms with Crippen molar-refractivity contribution in [1.82, 2.24) is 15.2 Å². The van der Waals surface area contributed by atoms with Gasteiger partial charge in [-0.15, -0.1) is 10.2 Å². The maximum Gasteiger partial charge on any atom is 0.338 e. The first kappa shape index (κ1) is 20.3. The van der Waals surface area contributed by atoms with E-state index < -0.39 is 0 Å². The van der Waals surface area contributed by atoms with Crippen molar-refractivity contribution < 1.29 is 9.53 Å². The van der Waals surface area contributed by atoms with Gasteiger partial charge < -0.3 is 10.1 Å². The highest BCUT2D eigenvalue weighted by atomic mass is 16.5. The number of nitrogens with zero attached hydrogens (tertiary/aromatic N) is 2. The number of carbonyl (C=O) groups is 1. The third-order valence-electron chi connectivity index (χ3n) is 4.44. The molecule has 0 atom stereocenters. The number of aromatic amines is 1. The van der Waals surface area contributed by atoms with Crippen molar-refractivity contribution in [2.45, 2.75) is 33.1 Å². The van der Waals surface area contributed by atoms with Gasteiger partial charge in [0.2, 0.25) is 5.95 Å². The lowest BCUT2D eigenvalue weighted by atomic mass is 10.0. The Morgan fingerprint density at radius 3 is 2.34 bits per heavy atom. The molecule has 0 aliphatic carbocycles. The Hall–Kier alpha value is -3.48. The fraction of sp³-hybridized carbons (Fsp3) is 0.273. The van der Waals surface area contributed by atoms with Gasteiger partial charge in [0.25, 0.3) is 5.56 Å². The molecule has 7 heteroatoms. The molecular weight excluding hydrogens is 368 g/mol. The smallest absolute Gasteiger partial charge is 0.338 e. The zero-order valence-electron chi connectivity index (χ0n) is 16.7. The number of ether oxygens (including phenoxy) is 1. The van der Waals surface area contributed by atoms with E-state index in [2.05, 4.69) is 46.5 Å². The van der Waals surface area contributed by atoms with Crippen molar-refractivity contribution in [2.75, 3.05) is 11.9 Å². The topological polar surface area (TPSA) is 97.0 Å². The summed E-state index contributed by atoms with van der Waals surface area (Å²) < 4.78 is 4.95. The van der Waals surface area contributed by atoms with Gasteiger partial charge in [-0.25, -0.2) is 4.79 Å². The van der Waals surface area contributed by atoms with E-state index in [1.165, 1.54) is 5.56 Å².